The van der Waals surface area contributed by atoms with Gasteiger partial charge in [-0.3, -0.25) is 4.57 Å². The van der Waals surface area contributed by atoms with E-state index in [0.717, 1.165) is 41.4 Å². The Hall–Kier alpha value is -2.51. The van der Waals surface area contributed by atoms with Crippen LogP contribution in [0.3, 0.4) is 0 Å². The van der Waals surface area contributed by atoms with E-state index in [9.17, 15) is 0 Å². The summed E-state index contributed by atoms with van der Waals surface area (Å²) >= 11 is 1.67. The number of nitrogens with zero attached hydrogens (tertiary/aromatic N) is 4. The van der Waals surface area contributed by atoms with Gasteiger partial charge in [0.15, 0.2) is 5.16 Å². The molecule has 140 valence electrons. The van der Waals surface area contributed by atoms with E-state index in [0.29, 0.717) is 13.2 Å². The lowest BCUT2D eigenvalue weighted by molar-refractivity contribution is 0.122. The Balaban J connectivity index is 1.62. The first-order chi connectivity index (χ1) is 13.3. The molecule has 1 saturated heterocycles. The van der Waals surface area contributed by atoms with Crippen LogP contribution in [0, 0.1) is 0 Å². The second-order valence-corrected chi connectivity index (χ2v) is 7.14. The molecule has 7 heteroatoms. The lowest BCUT2D eigenvalue weighted by Gasteiger charge is -2.27. The van der Waals surface area contributed by atoms with Crippen LogP contribution in [0.5, 0.6) is 5.75 Å². The lowest BCUT2D eigenvalue weighted by atomic mass is 10.2. The number of thioether (sulfide) groups is 1. The van der Waals surface area contributed by atoms with Crippen molar-refractivity contribution in [2.75, 3.05) is 38.3 Å². The molecule has 4 rings (SSSR count). The second kappa shape index (κ2) is 8.45. The van der Waals surface area contributed by atoms with E-state index in [1.165, 1.54) is 5.56 Å². The normalized spacial score (nSPS) is 14.3. The molecule has 0 N–H and O–H groups in total. The Kier molecular flexibility index (Phi) is 5.60. The van der Waals surface area contributed by atoms with E-state index in [1.54, 1.807) is 18.9 Å². The topological polar surface area (TPSA) is 52.4 Å². The average Bonchev–Trinajstić information content (AvgIpc) is 3.17. The molecule has 0 spiro atoms. The summed E-state index contributed by atoms with van der Waals surface area (Å²) in [6, 6.07) is 18.4. The number of para-hydroxylation sites is 1. The van der Waals surface area contributed by atoms with Crippen LogP contribution in [-0.2, 0) is 10.5 Å². The molecule has 2 aromatic carbocycles. The summed E-state index contributed by atoms with van der Waals surface area (Å²) in [5.74, 6) is 2.54. The van der Waals surface area contributed by atoms with Crippen molar-refractivity contribution in [1.29, 1.82) is 0 Å². The molecule has 0 atom stereocenters. The van der Waals surface area contributed by atoms with Gasteiger partial charge < -0.3 is 14.4 Å². The summed E-state index contributed by atoms with van der Waals surface area (Å²) in [6.07, 6.45) is 0. The molecule has 0 radical (unpaired) electrons. The number of hydrogen-bond donors (Lipinski definition) is 0. The largest absolute Gasteiger partial charge is 0.497 e. The molecule has 1 aliphatic heterocycles. The minimum Gasteiger partial charge on any atom is -0.497 e. The van der Waals surface area contributed by atoms with Gasteiger partial charge in [-0.2, -0.15) is 0 Å². The molecule has 1 aliphatic rings. The third-order valence-corrected chi connectivity index (χ3v) is 5.43. The predicted octanol–water partition coefficient (Wildman–Crippen LogP) is 3.40. The zero-order chi connectivity index (χ0) is 18.5. The first-order valence-corrected chi connectivity index (χ1v) is 9.93. The van der Waals surface area contributed by atoms with E-state index in [2.05, 4.69) is 43.9 Å². The molecular weight excluding hydrogens is 360 g/mol. The van der Waals surface area contributed by atoms with E-state index >= 15 is 0 Å². The van der Waals surface area contributed by atoms with Gasteiger partial charge in [0.1, 0.15) is 5.75 Å². The van der Waals surface area contributed by atoms with E-state index in [1.807, 2.05) is 30.3 Å². The van der Waals surface area contributed by atoms with Gasteiger partial charge >= 0.3 is 0 Å². The fraction of sp³-hybridized carbons (Fsp3) is 0.300. The standard InChI is InChI=1S/C20H22N4O2S/c1-25-18-9-5-6-16(14-18)15-27-20-22-21-19(23-10-12-26-13-11-23)24(20)17-7-3-2-4-8-17/h2-9,14H,10-13,15H2,1H3. The summed E-state index contributed by atoms with van der Waals surface area (Å²) in [7, 11) is 1.69. The van der Waals surface area contributed by atoms with Crippen molar-refractivity contribution < 1.29 is 9.47 Å². The van der Waals surface area contributed by atoms with Crippen LogP contribution in [0.25, 0.3) is 5.69 Å². The highest BCUT2D eigenvalue weighted by atomic mass is 32.2. The molecule has 0 aliphatic carbocycles. The summed E-state index contributed by atoms with van der Waals surface area (Å²) in [4.78, 5) is 2.24. The number of rotatable bonds is 6. The molecule has 6 nitrogen and oxygen atoms in total. The maximum absolute atomic E-state index is 5.48. The van der Waals surface area contributed by atoms with E-state index in [-0.39, 0.29) is 0 Å². The van der Waals surface area contributed by atoms with Crippen molar-refractivity contribution in [3.05, 3.63) is 60.2 Å². The third kappa shape index (κ3) is 4.09. The van der Waals surface area contributed by atoms with Crippen molar-refractivity contribution in [2.24, 2.45) is 0 Å². The first kappa shape index (κ1) is 17.9. The molecule has 0 bridgehead atoms. The monoisotopic (exact) mass is 382 g/mol. The number of anilines is 1. The molecule has 3 aromatic rings. The second-order valence-electron chi connectivity index (χ2n) is 6.19. The highest BCUT2D eigenvalue weighted by Gasteiger charge is 2.21. The van der Waals surface area contributed by atoms with Gasteiger partial charge in [-0.25, -0.2) is 0 Å². The molecule has 1 fully saturated rings. The number of benzene rings is 2. The van der Waals surface area contributed by atoms with Crippen molar-refractivity contribution in [3.63, 3.8) is 0 Å². The highest BCUT2D eigenvalue weighted by Crippen LogP contribution is 2.29. The number of aromatic nitrogens is 3. The van der Waals surface area contributed by atoms with Gasteiger partial charge in [0.05, 0.1) is 26.0 Å². The van der Waals surface area contributed by atoms with Crippen LogP contribution in [0.4, 0.5) is 5.95 Å². The Morgan fingerprint density at radius 2 is 1.85 bits per heavy atom. The van der Waals surface area contributed by atoms with Crippen LogP contribution in [-0.4, -0.2) is 48.2 Å². The number of hydrogen-bond acceptors (Lipinski definition) is 6. The van der Waals surface area contributed by atoms with Crippen LogP contribution in [0.1, 0.15) is 5.56 Å². The Morgan fingerprint density at radius 3 is 2.63 bits per heavy atom. The zero-order valence-corrected chi connectivity index (χ0v) is 16.1. The highest BCUT2D eigenvalue weighted by molar-refractivity contribution is 7.98. The SMILES string of the molecule is COc1cccc(CSc2nnc(N3CCOCC3)n2-c2ccccc2)c1. The summed E-state index contributed by atoms with van der Waals surface area (Å²) in [5, 5.41) is 9.87. The molecule has 0 amide bonds. The smallest absolute Gasteiger partial charge is 0.232 e. The Labute approximate surface area is 163 Å². The van der Waals surface area contributed by atoms with Gasteiger partial charge in [0.2, 0.25) is 5.95 Å². The maximum Gasteiger partial charge on any atom is 0.232 e. The van der Waals surface area contributed by atoms with E-state index < -0.39 is 0 Å². The fourth-order valence-electron chi connectivity index (χ4n) is 3.04. The number of morpholine rings is 1. The predicted molar refractivity (Wildman–Crippen MR) is 107 cm³/mol. The van der Waals surface area contributed by atoms with Crippen LogP contribution in [0.2, 0.25) is 0 Å². The molecule has 0 saturated carbocycles. The summed E-state index contributed by atoms with van der Waals surface area (Å²) in [6.45, 7) is 3.08. The van der Waals surface area contributed by atoms with Crippen molar-refractivity contribution in [1.82, 2.24) is 14.8 Å². The summed E-state index contributed by atoms with van der Waals surface area (Å²) < 4.78 is 12.9. The Bertz CT molecular complexity index is 879. The van der Waals surface area contributed by atoms with Crippen molar-refractivity contribution in [3.8, 4) is 11.4 Å². The average molecular weight is 382 g/mol. The van der Waals surface area contributed by atoms with Gasteiger partial charge in [-0.15, -0.1) is 10.2 Å². The molecular formula is C20H22N4O2S. The molecule has 0 unspecified atom stereocenters. The Morgan fingerprint density at radius 1 is 1.04 bits per heavy atom. The molecule has 27 heavy (non-hydrogen) atoms. The van der Waals surface area contributed by atoms with Crippen LogP contribution < -0.4 is 9.64 Å². The van der Waals surface area contributed by atoms with Gasteiger partial charge in [0.25, 0.3) is 0 Å². The molecule has 1 aromatic heterocycles. The maximum atomic E-state index is 5.48. The van der Waals surface area contributed by atoms with Gasteiger partial charge in [-0.05, 0) is 29.8 Å². The number of methoxy groups -OCH3 is 1. The number of ether oxygens (including phenoxy) is 2. The lowest BCUT2D eigenvalue weighted by Crippen LogP contribution is -2.37. The van der Waals surface area contributed by atoms with Crippen LogP contribution >= 0.6 is 11.8 Å². The van der Waals surface area contributed by atoms with Crippen molar-refractivity contribution in [2.45, 2.75) is 10.9 Å². The molecule has 2 heterocycles. The van der Waals surface area contributed by atoms with Gasteiger partial charge in [0, 0.05) is 18.8 Å². The van der Waals surface area contributed by atoms with Crippen LogP contribution in [0.15, 0.2) is 59.8 Å². The minimum absolute atomic E-state index is 0.716. The first-order valence-electron chi connectivity index (χ1n) is 8.94. The van der Waals surface area contributed by atoms with E-state index in [4.69, 9.17) is 9.47 Å². The quantitative estimate of drug-likeness (QED) is 0.609. The third-order valence-electron chi connectivity index (χ3n) is 4.43. The summed E-state index contributed by atoms with van der Waals surface area (Å²) in [5.41, 5.74) is 2.26. The van der Waals surface area contributed by atoms with Crippen molar-refractivity contribution >= 4 is 17.7 Å². The zero-order valence-electron chi connectivity index (χ0n) is 15.2. The fourth-order valence-corrected chi connectivity index (χ4v) is 3.93. The minimum atomic E-state index is 0.716. The van der Waals surface area contributed by atoms with Gasteiger partial charge in [-0.1, -0.05) is 42.1 Å².